The van der Waals surface area contributed by atoms with E-state index in [0.717, 1.165) is 18.4 Å². The summed E-state index contributed by atoms with van der Waals surface area (Å²) >= 11 is 0. The molecule has 1 saturated heterocycles. The third kappa shape index (κ3) is 3.01. The molecule has 0 spiro atoms. The van der Waals surface area contributed by atoms with E-state index in [2.05, 4.69) is 20.3 Å². The molecule has 1 aromatic carbocycles. The molecule has 2 aromatic heterocycles. The van der Waals surface area contributed by atoms with Crippen molar-refractivity contribution in [3.8, 4) is 11.5 Å². The van der Waals surface area contributed by atoms with Gasteiger partial charge in [0, 0.05) is 24.8 Å². The number of fused-ring (bicyclic) bond motifs is 1. The highest BCUT2D eigenvalue weighted by Gasteiger charge is 2.22. The predicted octanol–water partition coefficient (Wildman–Crippen LogP) is 2.60. The highest BCUT2D eigenvalue weighted by atomic mass is 19.1. The first-order valence-corrected chi connectivity index (χ1v) is 8.27. The number of aromatic hydroxyl groups is 1. The smallest absolute Gasteiger partial charge is 0.312 e. The number of phenols is 1. The molecule has 0 aliphatic carbocycles. The van der Waals surface area contributed by atoms with Gasteiger partial charge in [-0.15, -0.1) is 0 Å². The Bertz CT molecular complexity index is 940. The SMILES string of the molecule is COc1cc(O)ccc1CNc1nc(F)nc2c1ncn2C1CCCO1. The first-order chi connectivity index (χ1) is 12.7. The fourth-order valence-corrected chi connectivity index (χ4v) is 3.06. The molecule has 3 heterocycles. The fourth-order valence-electron chi connectivity index (χ4n) is 3.06. The van der Waals surface area contributed by atoms with Crippen LogP contribution in [-0.4, -0.2) is 38.3 Å². The highest BCUT2D eigenvalue weighted by molar-refractivity contribution is 5.82. The number of nitrogens with one attached hydrogen (secondary N) is 1. The van der Waals surface area contributed by atoms with Crippen molar-refractivity contribution in [2.75, 3.05) is 19.0 Å². The van der Waals surface area contributed by atoms with E-state index in [1.165, 1.54) is 13.2 Å². The molecule has 0 amide bonds. The van der Waals surface area contributed by atoms with E-state index in [9.17, 15) is 9.50 Å². The van der Waals surface area contributed by atoms with Gasteiger partial charge in [0.15, 0.2) is 17.0 Å². The first kappa shape index (κ1) is 16.5. The van der Waals surface area contributed by atoms with Gasteiger partial charge in [0.2, 0.25) is 0 Å². The van der Waals surface area contributed by atoms with Crippen LogP contribution in [0.3, 0.4) is 0 Å². The van der Waals surface area contributed by atoms with Crippen LogP contribution in [0.5, 0.6) is 11.5 Å². The van der Waals surface area contributed by atoms with E-state index >= 15 is 0 Å². The average Bonchev–Trinajstić information content (AvgIpc) is 3.29. The molecular weight excluding hydrogens is 341 g/mol. The van der Waals surface area contributed by atoms with Crippen LogP contribution in [0.15, 0.2) is 24.5 Å². The molecule has 8 nitrogen and oxygen atoms in total. The number of aromatic nitrogens is 4. The standard InChI is InChI=1S/C17H18FN5O3/c1-25-12-7-11(24)5-4-10(12)8-19-15-14-16(22-17(18)21-15)23(9-20-14)13-3-2-6-26-13/h4-5,7,9,13,24H,2-3,6,8H2,1H3,(H,19,21,22). The van der Waals surface area contributed by atoms with Crippen molar-refractivity contribution in [1.29, 1.82) is 0 Å². The van der Waals surface area contributed by atoms with E-state index in [4.69, 9.17) is 9.47 Å². The number of rotatable bonds is 5. The third-order valence-corrected chi connectivity index (χ3v) is 4.33. The minimum Gasteiger partial charge on any atom is -0.508 e. The van der Waals surface area contributed by atoms with Gasteiger partial charge in [-0.3, -0.25) is 4.57 Å². The molecule has 0 bridgehead atoms. The second-order valence-corrected chi connectivity index (χ2v) is 5.98. The summed E-state index contributed by atoms with van der Waals surface area (Å²) in [5, 5.41) is 12.6. The molecule has 1 aliphatic rings. The van der Waals surface area contributed by atoms with Crippen LogP contribution in [0.25, 0.3) is 11.2 Å². The molecule has 1 unspecified atom stereocenters. The van der Waals surface area contributed by atoms with Gasteiger partial charge >= 0.3 is 6.08 Å². The number of imidazole rings is 1. The summed E-state index contributed by atoms with van der Waals surface area (Å²) in [5.41, 5.74) is 1.65. The summed E-state index contributed by atoms with van der Waals surface area (Å²) in [6.45, 7) is 0.992. The second-order valence-electron chi connectivity index (χ2n) is 5.98. The molecule has 4 rings (SSSR count). The maximum Gasteiger partial charge on any atom is 0.312 e. The molecule has 1 fully saturated rings. The van der Waals surface area contributed by atoms with Gasteiger partial charge in [0.1, 0.15) is 17.7 Å². The number of hydrogen-bond acceptors (Lipinski definition) is 7. The van der Waals surface area contributed by atoms with E-state index in [-0.39, 0.29) is 12.0 Å². The number of phenolic OH excluding ortho intramolecular Hbond substituents is 1. The molecule has 136 valence electrons. The van der Waals surface area contributed by atoms with Crippen molar-refractivity contribution in [3.63, 3.8) is 0 Å². The van der Waals surface area contributed by atoms with Gasteiger partial charge in [0.25, 0.3) is 0 Å². The lowest BCUT2D eigenvalue weighted by molar-refractivity contribution is 0.0592. The summed E-state index contributed by atoms with van der Waals surface area (Å²) in [7, 11) is 1.52. The molecule has 1 atom stereocenters. The average molecular weight is 359 g/mol. The van der Waals surface area contributed by atoms with Crippen molar-refractivity contribution in [3.05, 3.63) is 36.2 Å². The van der Waals surface area contributed by atoms with E-state index in [1.807, 2.05) is 0 Å². The Kier molecular flexibility index (Phi) is 4.29. The van der Waals surface area contributed by atoms with Gasteiger partial charge < -0.3 is 19.9 Å². The molecule has 2 N–H and O–H groups in total. The van der Waals surface area contributed by atoms with Gasteiger partial charge in [-0.2, -0.15) is 14.4 Å². The normalized spacial score (nSPS) is 16.9. The number of anilines is 1. The molecule has 9 heteroatoms. The minimum atomic E-state index is -0.836. The largest absolute Gasteiger partial charge is 0.508 e. The van der Waals surface area contributed by atoms with Crippen molar-refractivity contribution < 1.29 is 19.0 Å². The van der Waals surface area contributed by atoms with Crippen LogP contribution >= 0.6 is 0 Å². The Labute approximate surface area is 148 Å². The highest BCUT2D eigenvalue weighted by Crippen LogP contribution is 2.29. The van der Waals surface area contributed by atoms with Crippen LogP contribution in [0.4, 0.5) is 10.2 Å². The molecular formula is C17H18FN5O3. The lowest BCUT2D eigenvalue weighted by Crippen LogP contribution is -2.09. The number of ether oxygens (including phenoxy) is 2. The minimum absolute atomic E-state index is 0.108. The fraction of sp³-hybridized carbons (Fsp3) is 0.353. The molecule has 0 saturated carbocycles. The summed E-state index contributed by atoms with van der Waals surface area (Å²) in [4.78, 5) is 12.1. The van der Waals surface area contributed by atoms with Crippen molar-refractivity contribution in [2.45, 2.75) is 25.6 Å². The number of methoxy groups -OCH3 is 1. The van der Waals surface area contributed by atoms with E-state index in [1.54, 1.807) is 23.0 Å². The lowest BCUT2D eigenvalue weighted by atomic mass is 10.2. The maximum absolute atomic E-state index is 14.0. The van der Waals surface area contributed by atoms with E-state index in [0.29, 0.717) is 35.9 Å². The first-order valence-electron chi connectivity index (χ1n) is 8.27. The number of halogens is 1. The van der Waals surface area contributed by atoms with Crippen LogP contribution in [-0.2, 0) is 11.3 Å². The summed E-state index contributed by atoms with van der Waals surface area (Å²) in [6, 6.07) is 4.79. The second kappa shape index (κ2) is 6.75. The Balaban J connectivity index is 1.64. The van der Waals surface area contributed by atoms with Crippen molar-refractivity contribution in [2.24, 2.45) is 0 Å². The van der Waals surface area contributed by atoms with Crippen LogP contribution < -0.4 is 10.1 Å². The number of nitrogens with zero attached hydrogens (tertiary/aromatic N) is 4. The van der Waals surface area contributed by atoms with Crippen LogP contribution in [0.2, 0.25) is 0 Å². The Hall–Kier alpha value is -2.94. The van der Waals surface area contributed by atoms with Crippen molar-refractivity contribution >= 4 is 17.0 Å². The molecule has 1 aliphatic heterocycles. The summed E-state index contributed by atoms with van der Waals surface area (Å²) in [6.07, 6.45) is 2.37. The zero-order valence-corrected chi connectivity index (χ0v) is 14.1. The summed E-state index contributed by atoms with van der Waals surface area (Å²) < 4.78 is 26.6. The predicted molar refractivity (Wildman–Crippen MR) is 91.5 cm³/mol. The van der Waals surface area contributed by atoms with Crippen molar-refractivity contribution in [1.82, 2.24) is 19.5 Å². The Morgan fingerprint density at radius 3 is 3.08 bits per heavy atom. The Morgan fingerprint density at radius 1 is 1.42 bits per heavy atom. The number of benzene rings is 1. The quantitative estimate of drug-likeness (QED) is 0.676. The molecule has 0 radical (unpaired) electrons. The van der Waals surface area contributed by atoms with Crippen LogP contribution in [0.1, 0.15) is 24.6 Å². The van der Waals surface area contributed by atoms with Gasteiger partial charge in [0.05, 0.1) is 13.4 Å². The topological polar surface area (TPSA) is 94.3 Å². The van der Waals surface area contributed by atoms with Gasteiger partial charge in [-0.25, -0.2) is 4.98 Å². The molecule has 26 heavy (non-hydrogen) atoms. The van der Waals surface area contributed by atoms with Gasteiger partial charge in [-0.1, -0.05) is 0 Å². The zero-order chi connectivity index (χ0) is 18.1. The Morgan fingerprint density at radius 2 is 2.31 bits per heavy atom. The van der Waals surface area contributed by atoms with E-state index < -0.39 is 6.08 Å². The molecule has 3 aromatic rings. The summed E-state index contributed by atoms with van der Waals surface area (Å²) in [5.74, 6) is 0.920. The maximum atomic E-state index is 14.0. The lowest BCUT2D eigenvalue weighted by Gasteiger charge is -2.12. The van der Waals surface area contributed by atoms with Gasteiger partial charge in [-0.05, 0) is 25.0 Å². The monoisotopic (exact) mass is 359 g/mol. The third-order valence-electron chi connectivity index (χ3n) is 4.33. The zero-order valence-electron chi connectivity index (χ0n) is 14.1. The van der Waals surface area contributed by atoms with Crippen LogP contribution in [0, 0.1) is 6.08 Å². The number of hydrogen-bond donors (Lipinski definition) is 2.